The number of benzene rings is 1. The standard InChI is InChI=1S/C22H27FN4O3S/c1-14(2)9-10-24-19(28)11-17-13-31-22(25-17)26-20(29)12-27(18-7-8-18)21(30)15-3-5-16(23)6-4-15/h3-6,13-14,18H,7-12H2,1-2H3,(H,24,28)(H,25,26,29). The Morgan fingerprint density at radius 3 is 2.55 bits per heavy atom. The smallest absolute Gasteiger partial charge is 0.254 e. The maximum Gasteiger partial charge on any atom is 0.254 e. The van der Waals surface area contributed by atoms with Crippen molar-refractivity contribution in [3.63, 3.8) is 0 Å². The number of carbonyl (C=O) groups is 3. The van der Waals surface area contributed by atoms with E-state index in [1.54, 1.807) is 5.38 Å². The van der Waals surface area contributed by atoms with Crippen LogP contribution in [-0.2, 0) is 16.0 Å². The Hall–Kier alpha value is -2.81. The summed E-state index contributed by atoms with van der Waals surface area (Å²) >= 11 is 1.24. The molecule has 1 aromatic heterocycles. The second-order valence-electron chi connectivity index (χ2n) is 8.07. The third-order valence-corrected chi connectivity index (χ3v) is 5.64. The Bertz CT molecular complexity index is 925. The van der Waals surface area contributed by atoms with Crippen LogP contribution in [0.3, 0.4) is 0 Å². The molecule has 9 heteroatoms. The van der Waals surface area contributed by atoms with Crippen LogP contribution in [0.1, 0.15) is 49.2 Å². The molecule has 0 bridgehead atoms. The summed E-state index contributed by atoms with van der Waals surface area (Å²) in [5.74, 6) is -0.652. The third kappa shape index (κ3) is 7.13. The van der Waals surface area contributed by atoms with Gasteiger partial charge in [-0.3, -0.25) is 14.4 Å². The van der Waals surface area contributed by atoms with Crippen LogP contribution in [0.5, 0.6) is 0 Å². The number of carbonyl (C=O) groups excluding carboxylic acids is 3. The summed E-state index contributed by atoms with van der Waals surface area (Å²) < 4.78 is 13.1. The van der Waals surface area contributed by atoms with Crippen molar-refractivity contribution in [2.24, 2.45) is 5.92 Å². The van der Waals surface area contributed by atoms with Crippen LogP contribution >= 0.6 is 11.3 Å². The van der Waals surface area contributed by atoms with Crippen LogP contribution in [0.25, 0.3) is 0 Å². The van der Waals surface area contributed by atoms with Gasteiger partial charge in [0, 0.05) is 23.5 Å². The lowest BCUT2D eigenvalue weighted by Crippen LogP contribution is -2.39. The fourth-order valence-corrected chi connectivity index (χ4v) is 3.72. The molecule has 3 amide bonds. The van der Waals surface area contributed by atoms with E-state index in [1.165, 1.54) is 40.5 Å². The van der Waals surface area contributed by atoms with Crippen molar-refractivity contribution < 1.29 is 18.8 Å². The van der Waals surface area contributed by atoms with Crippen molar-refractivity contribution in [1.29, 1.82) is 0 Å². The number of hydrogen-bond acceptors (Lipinski definition) is 5. The van der Waals surface area contributed by atoms with Gasteiger partial charge in [0.05, 0.1) is 12.1 Å². The lowest BCUT2D eigenvalue weighted by Gasteiger charge is -2.21. The van der Waals surface area contributed by atoms with Gasteiger partial charge in [-0.05, 0) is 49.4 Å². The van der Waals surface area contributed by atoms with Crippen molar-refractivity contribution in [3.8, 4) is 0 Å². The monoisotopic (exact) mass is 446 g/mol. The minimum absolute atomic E-state index is 0.0182. The largest absolute Gasteiger partial charge is 0.356 e. The first-order chi connectivity index (χ1) is 14.8. The van der Waals surface area contributed by atoms with Crippen LogP contribution in [0.2, 0.25) is 0 Å². The Morgan fingerprint density at radius 2 is 1.90 bits per heavy atom. The summed E-state index contributed by atoms with van der Waals surface area (Å²) in [4.78, 5) is 43.0. The van der Waals surface area contributed by atoms with Crippen molar-refractivity contribution >= 4 is 34.2 Å². The van der Waals surface area contributed by atoms with Gasteiger partial charge in [-0.25, -0.2) is 9.37 Å². The first-order valence-corrected chi connectivity index (χ1v) is 11.3. The van der Waals surface area contributed by atoms with E-state index in [9.17, 15) is 18.8 Å². The zero-order valence-electron chi connectivity index (χ0n) is 17.7. The summed E-state index contributed by atoms with van der Waals surface area (Å²) in [6.45, 7) is 4.72. The van der Waals surface area contributed by atoms with E-state index in [2.05, 4.69) is 29.5 Å². The Labute approximate surface area is 185 Å². The highest BCUT2D eigenvalue weighted by Crippen LogP contribution is 2.28. The van der Waals surface area contributed by atoms with Gasteiger partial charge in [0.2, 0.25) is 11.8 Å². The highest BCUT2D eigenvalue weighted by atomic mass is 32.1. The second-order valence-corrected chi connectivity index (χ2v) is 8.93. The minimum atomic E-state index is -0.416. The molecule has 0 atom stereocenters. The zero-order chi connectivity index (χ0) is 22.4. The van der Waals surface area contributed by atoms with E-state index in [0.717, 1.165) is 19.3 Å². The molecule has 1 aliphatic rings. The van der Waals surface area contributed by atoms with Gasteiger partial charge < -0.3 is 15.5 Å². The predicted molar refractivity (Wildman–Crippen MR) is 117 cm³/mol. The molecular formula is C22H27FN4O3S. The normalized spacial score (nSPS) is 13.2. The van der Waals surface area contributed by atoms with E-state index in [4.69, 9.17) is 0 Å². The number of thiazole rings is 1. The quantitative estimate of drug-likeness (QED) is 0.586. The number of rotatable bonds is 10. The maximum atomic E-state index is 13.1. The summed E-state index contributed by atoms with van der Waals surface area (Å²) in [6.07, 6.45) is 2.75. The lowest BCUT2D eigenvalue weighted by molar-refractivity contribution is -0.120. The van der Waals surface area contributed by atoms with Gasteiger partial charge in [0.25, 0.3) is 5.91 Å². The molecule has 0 saturated heterocycles. The highest BCUT2D eigenvalue weighted by molar-refractivity contribution is 7.13. The molecule has 0 spiro atoms. The number of hydrogen-bond donors (Lipinski definition) is 2. The summed E-state index contributed by atoms with van der Waals surface area (Å²) in [6, 6.07) is 5.32. The third-order valence-electron chi connectivity index (χ3n) is 4.84. The van der Waals surface area contributed by atoms with Gasteiger partial charge in [-0.2, -0.15) is 0 Å². The predicted octanol–water partition coefficient (Wildman–Crippen LogP) is 3.23. The van der Waals surface area contributed by atoms with Crippen LogP contribution in [0, 0.1) is 11.7 Å². The molecule has 0 unspecified atom stereocenters. The summed E-state index contributed by atoms with van der Waals surface area (Å²) in [5, 5.41) is 7.69. The Balaban J connectivity index is 1.52. The first kappa shape index (κ1) is 22.9. The van der Waals surface area contributed by atoms with Gasteiger partial charge in [0.1, 0.15) is 12.4 Å². The summed E-state index contributed by atoms with van der Waals surface area (Å²) in [7, 11) is 0. The number of amides is 3. The van der Waals surface area contributed by atoms with E-state index in [0.29, 0.717) is 28.9 Å². The molecule has 3 rings (SSSR count). The molecule has 1 heterocycles. The van der Waals surface area contributed by atoms with E-state index in [1.807, 2.05) is 0 Å². The Morgan fingerprint density at radius 1 is 1.19 bits per heavy atom. The molecule has 2 aromatic rings. The number of nitrogens with one attached hydrogen (secondary N) is 2. The average molecular weight is 447 g/mol. The van der Waals surface area contributed by atoms with Gasteiger partial charge in [-0.15, -0.1) is 11.3 Å². The molecule has 31 heavy (non-hydrogen) atoms. The topological polar surface area (TPSA) is 91.4 Å². The summed E-state index contributed by atoms with van der Waals surface area (Å²) in [5.41, 5.74) is 0.935. The second kappa shape index (κ2) is 10.5. The van der Waals surface area contributed by atoms with Gasteiger partial charge in [0.15, 0.2) is 5.13 Å². The number of nitrogens with zero attached hydrogens (tertiary/aromatic N) is 2. The fourth-order valence-electron chi connectivity index (χ4n) is 3.00. The number of halogens is 1. The molecule has 0 aliphatic heterocycles. The van der Waals surface area contributed by atoms with Crippen molar-refractivity contribution in [1.82, 2.24) is 15.2 Å². The molecule has 7 nitrogen and oxygen atoms in total. The van der Waals surface area contributed by atoms with Crippen LogP contribution < -0.4 is 10.6 Å². The average Bonchev–Trinajstić information content (AvgIpc) is 3.47. The van der Waals surface area contributed by atoms with Gasteiger partial charge >= 0.3 is 0 Å². The van der Waals surface area contributed by atoms with Crippen molar-refractivity contribution in [2.45, 2.75) is 45.6 Å². The fraction of sp³-hybridized carbons (Fsp3) is 0.455. The molecule has 1 aliphatic carbocycles. The molecule has 1 fully saturated rings. The van der Waals surface area contributed by atoms with E-state index >= 15 is 0 Å². The van der Waals surface area contributed by atoms with Gasteiger partial charge in [-0.1, -0.05) is 13.8 Å². The van der Waals surface area contributed by atoms with Crippen molar-refractivity contribution in [2.75, 3.05) is 18.4 Å². The molecular weight excluding hydrogens is 419 g/mol. The number of aromatic nitrogens is 1. The van der Waals surface area contributed by atoms with Crippen molar-refractivity contribution in [3.05, 3.63) is 46.7 Å². The molecule has 1 aromatic carbocycles. The molecule has 2 N–H and O–H groups in total. The van der Waals surface area contributed by atoms with Crippen LogP contribution in [0.15, 0.2) is 29.6 Å². The minimum Gasteiger partial charge on any atom is -0.356 e. The van der Waals surface area contributed by atoms with Crippen LogP contribution in [0.4, 0.5) is 9.52 Å². The molecule has 166 valence electrons. The lowest BCUT2D eigenvalue weighted by atomic mass is 10.1. The zero-order valence-corrected chi connectivity index (χ0v) is 18.5. The molecule has 0 radical (unpaired) electrons. The van der Waals surface area contributed by atoms with E-state index < -0.39 is 5.82 Å². The number of anilines is 1. The first-order valence-electron chi connectivity index (χ1n) is 10.4. The molecule has 1 saturated carbocycles. The van der Waals surface area contributed by atoms with Crippen LogP contribution in [-0.4, -0.2) is 46.7 Å². The Kier molecular flexibility index (Phi) is 7.73. The SMILES string of the molecule is CC(C)CCNC(=O)Cc1csc(NC(=O)CN(C(=O)c2ccc(F)cc2)C2CC2)n1. The maximum absolute atomic E-state index is 13.1. The highest BCUT2D eigenvalue weighted by Gasteiger charge is 2.34. The van der Waals surface area contributed by atoms with E-state index in [-0.39, 0.29) is 36.7 Å².